The smallest absolute Gasteiger partial charge is 0.161 e. The van der Waals surface area contributed by atoms with Crippen LogP contribution in [0.2, 0.25) is 0 Å². The number of nitrogens with zero attached hydrogens (tertiary/aromatic N) is 2. The fourth-order valence-corrected chi connectivity index (χ4v) is 2.79. The van der Waals surface area contributed by atoms with Gasteiger partial charge in [0, 0.05) is 11.0 Å². The number of hydrogen-bond acceptors (Lipinski definition) is 4. The van der Waals surface area contributed by atoms with E-state index in [2.05, 4.69) is 52.4 Å². The molecule has 0 fully saturated rings. The molecule has 1 heterocycles. The SMILES string of the molecule is CCn1ncc(OC)c1C(NN)c1cc(C)c(Br)c(C)c1. The van der Waals surface area contributed by atoms with Crippen LogP contribution in [0.1, 0.15) is 35.3 Å². The van der Waals surface area contributed by atoms with Gasteiger partial charge in [0.1, 0.15) is 5.69 Å². The highest BCUT2D eigenvalue weighted by atomic mass is 79.9. The van der Waals surface area contributed by atoms with E-state index in [9.17, 15) is 0 Å². The third-order valence-electron chi connectivity index (χ3n) is 3.60. The minimum atomic E-state index is -0.173. The molecule has 2 aromatic rings. The molecule has 3 N–H and O–H groups in total. The highest BCUT2D eigenvalue weighted by Crippen LogP contribution is 2.32. The molecule has 0 bridgehead atoms. The van der Waals surface area contributed by atoms with Crippen molar-refractivity contribution in [1.29, 1.82) is 0 Å². The van der Waals surface area contributed by atoms with Gasteiger partial charge in [-0.1, -0.05) is 28.1 Å². The molecule has 0 saturated heterocycles. The van der Waals surface area contributed by atoms with Gasteiger partial charge in [0.15, 0.2) is 5.75 Å². The predicted octanol–water partition coefficient (Wildman–Crippen LogP) is 2.84. The molecule has 6 heteroatoms. The molecular weight excluding hydrogens is 332 g/mol. The molecule has 0 spiro atoms. The van der Waals surface area contributed by atoms with Crippen LogP contribution < -0.4 is 16.0 Å². The number of aryl methyl sites for hydroxylation is 3. The maximum atomic E-state index is 5.82. The van der Waals surface area contributed by atoms with Crippen molar-refractivity contribution in [3.8, 4) is 5.75 Å². The number of halogens is 1. The fourth-order valence-electron chi connectivity index (χ4n) is 2.56. The normalized spacial score (nSPS) is 12.5. The van der Waals surface area contributed by atoms with Crippen LogP contribution in [0.15, 0.2) is 22.8 Å². The molecule has 0 aliphatic heterocycles. The summed E-state index contributed by atoms with van der Waals surface area (Å²) < 4.78 is 8.45. The molecule has 0 amide bonds. The molecule has 1 aromatic heterocycles. The van der Waals surface area contributed by atoms with Gasteiger partial charge in [-0.25, -0.2) is 5.43 Å². The van der Waals surface area contributed by atoms with E-state index in [1.165, 1.54) is 11.1 Å². The molecule has 0 saturated carbocycles. The Kier molecular flexibility index (Phi) is 5.03. The topological polar surface area (TPSA) is 65.1 Å². The van der Waals surface area contributed by atoms with Crippen molar-refractivity contribution in [3.63, 3.8) is 0 Å². The van der Waals surface area contributed by atoms with Gasteiger partial charge in [0.05, 0.1) is 19.3 Å². The van der Waals surface area contributed by atoms with Crippen LogP contribution in [0.3, 0.4) is 0 Å². The van der Waals surface area contributed by atoms with Crippen LogP contribution in [0.5, 0.6) is 5.75 Å². The highest BCUT2D eigenvalue weighted by molar-refractivity contribution is 9.10. The zero-order valence-electron chi connectivity index (χ0n) is 12.8. The molecule has 1 aromatic carbocycles. The summed E-state index contributed by atoms with van der Waals surface area (Å²) in [5.74, 6) is 6.56. The maximum absolute atomic E-state index is 5.82. The number of aromatic nitrogens is 2. The first-order chi connectivity index (χ1) is 10.0. The van der Waals surface area contributed by atoms with Crippen molar-refractivity contribution in [1.82, 2.24) is 15.2 Å². The van der Waals surface area contributed by atoms with Gasteiger partial charge in [-0.05, 0) is 37.5 Å². The van der Waals surface area contributed by atoms with Gasteiger partial charge >= 0.3 is 0 Å². The molecule has 0 aliphatic rings. The summed E-state index contributed by atoms with van der Waals surface area (Å²) in [5, 5.41) is 4.35. The Morgan fingerprint density at radius 1 is 1.38 bits per heavy atom. The summed E-state index contributed by atoms with van der Waals surface area (Å²) in [6, 6.07) is 4.06. The fraction of sp³-hybridized carbons (Fsp3) is 0.400. The molecule has 21 heavy (non-hydrogen) atoms. The average molecular weight is 353 g/mol. The number of ether oxygens (including phenoxy) is 1. The van der Waals surface area contributed by atoms with Crippen molar-refractivity contribution < 1.29 is 4.74 Å². The van der Waals surface area contributed by atoms with Gasteiger partial charge in [0.2, 0.25) is 0 Å². The summed E-state index contributed by atoms with van der Waals surface area (Å²) in [5.41, 5.74) is 7.25. The van der Waals surface area contributed by atoms with Gasteiger partial charge < -0.3 is 4.74 Å². The molecule has 2 rings (SSSR count). The Morgan fingerprint density at radius 3 is 2.48 bits per heavy atom. The first-order valence-electron chi connectivity index (χ1n) is 6.85. The van der Waals surface area contributed by atoms with E-state index in [1.54, 1.807) is 13.3 Å². The third kappa shape index (κ3) is 2.97. The quantitative estimate of drug-likeness (QED) is 0.641. The van der Waals surface area contributed by atoms with Crippen LogP contribution in [-0.2, 0) is 6.54 Å². The molecule has 1 unspecified atom stereocenters. The summed E-state index contributed by atoms with van der Waals surface area (Å²) in [7, 11) is 1.65. The second-order valence-corrected chi connectivity index (χ2v) is 5.78. The van der Waals surface area contributed by atoms with Crippen molar-refractivity contribution >= 4 is 15.9 Å². The monoisotopic (exact) mass is 352 g/mol. The number of rotatable bonds is 5. The van der Waals surface area contributed by atoms with Gasteiger partial charge in [-0.15, -0.1) is 0 Å². The van der Waals surface area contributed by atoms with E-state index in [1.807, 2.05) is 11.6 Å². The van der Waals surface area contributed by atoms with Crippen LogP contribution >= 0.6 is 15.9 Å². The number of nitrogens with one attached hydrogen (secondary N) is 1. The van der Waals surface area contributed by atoms with E-state index < -0.39 is 0 Å². The number of methoxy groups -OCH3 is 1. The number of benzene rings is 1. The Balaban J connectivity index is 2.57. The first kappa shape index (κ1) is 16.0. The van der Waals surface area contributed by atoms with Crippen molar-refractivity contribution in [3.05, 3.63) is 45.2 Å². The van der Waals surface area contributed by atoms with Gasteiger partial charge in [-0.2, -0.15) is 5.10 Å². The number of hydrogen-bond donors (Lipinski definition) is 2. The van der Waals surface area contributed by atoms with E-state index in [-0.39, 0.29) is 6.04 Å². The molecule has 5 nitrogen and oxygen atoms in total. The van der Waals surface area contributed by atoms with Crippen LogP contribution in [0.25, 0.3) is 0 Å². The van der Waals surface area contributed by atoms with Crippen LogP contribution in [0.4, 0.5) is 0 Å². The Bertz CT molecular complexity index is 594. The first-order valence-corrected chi connectivity index (χ1v) is 7.65. The largest absolute Gasteiger partial charge is 0.493 e. The summed E-state index contributed by atoms with van der Waals surface area (Å²) in [6.45, 7) is 6.94. The Morgan fingerprint density at radius 2 is 2.00 bits per heavy atom. The van der Waals surface area contributed by atoms with E-state index in [0.717, 1.165) is 28.0 Å². The van der Waals surface area contributed by atoms with E-state index in [4.69, 9.17) is 10.6 Å². The van der Waals surface area contributed by atoms with Crippen molar-refractivity contribution in [2.75, 3.05) is 7.11 Å². The number of hydrazine groups is 1. The Labute approximate surface area is 133 Å². The molecular formula is C15H21BrN4O. The maximum Gasteiger partial charge on any atom is 0.161 e. The van der Waals surface area contributed by atoms with E-state index in [0.29, 0.717) is 0 Å². The zero-order valence-corrected chi connectivity index (χ0v) is 14.4. The summed E-state index contributed by atoms with van der Waals surface area (Å²) in [4.78, 5) is 0. The summed E-state index contributed by atoms with van der Waals surface area (Å²) >= 11 is 3.60. The van der Waals surface area contributed by atoms with E-state index >= 15 is 0 Å². The average Bonchev–Trinajstić information content (AvgIpc) is 2.88. The molecule has 1 atom stereocenters. The lowest BCUT2D eigenvalue weighted by molar-refractivity contribution is 0.399. The standard InChI is InChI=1S/C15H21BrN4O/c1-5-20-15(12(21-4)8-18-20)14(19-17)11-6-9(2)13(16)10(3)7-11/h6-8,14,19H,5,17H2,1-4H3. The Hall–Kier alpha value is -1.37. The van der Waals surface area contributed by atoms with Gasteiger partial charge in [0.25, 0.3) is 0 Å². The number of nitrogens with two attached hydrogens (primary N) is 1. The predicted molar refractivity (Wildman–Crippen MR) is 87.2 cm³/mol. The molecule has 0 radical (unpaired) electrons. The van der Waals surface area contributed by atoms with Crippen molar-refractivity contribution in [2.24, 2.45) is 5.84 Å². The van der Waals surface area contributed by atoms with Crippen LogP contribution in [-0.4, -0.2) is 16.9 Å². The second-order valence-electron chi connectivity index (χ2n) is 4.98. The highest BCUT2D eigenvalue weighted by Gasteiger charge is 2.23. The minimum Gasteiger partial charge on any atom is -0.493 e. The van der Waals surface area contributed by atoms with Crippen LogP contribution in [0, 0.1) is 13.8 Å². The lowest BCUT2D eigenvalue weighted by Crippen LogP contribution is -2.31. The molecule has 114 valence electrons. The minimum absolute atomic E-state index is 0.173. The second kappa shape index (κ2) is 6.60. The van der Waals surface area contributed by atoms with Crippen molar-refractivity contribution in [2.45, 2.75) is 33.4 Å². The van der Waals surface area contributed by atoms with Gasteiger partial charge in [-0.3, -0.25) is 10.5 Å². The molecule has 0 aliphatic carbocycles. The lowest BCUT2D eigenvalue weighted by Gasteiger charge is -2.20. The zero-order chi connectivity index (χ0) is 15.6. The lowest BCUT2D eigenvalue weighted by atomic mass is 9.99. The third-order valence-corrected chi connectivity index (χ3v) is 4.85. The summed E-state index contributed by atoms with van der Waals surface area (Å²) in [6.07, 6.45) is 1.72.